The molecule has 0 aliphatic rings. The standard InChI is InChI=1S/C11H11Cl2F2NO2/c1-18-5-6(4-12)16-11(17)7-2-10(15)8(13)3-9(7)14/h2-3,6H,4-5H2,1H3,(H,16,17). The normalized spacial score (nSPS) is 12.3. The number of halogens is 4. The van der Waals surface area contributed by atoms with E-state index in [1.54, 1.807) is 0 Å². The highest BCUT2D eigenvalue weighted by atomic mass is 35.5. The van der Waals surface area contributed by atoms with E-state index in [9.17, 15) is 13.6 Å². The Morgan fingerprint density at radius 2 is 2.11 bits per heavy atom. The lowest BCUT2D eigenvalue weighted by molar-refractivity contribution is 0.0902. The molecule has 7 heteroatoms. The molecule has 18 heavy (non-hydrogen) atoms. The lowest BCUT2D eigenvalue weighted by Crippen LogP contribution is -2.39. The number of nitrogens with one attached hydrogen (secondary N) is 1. The Morgan fingerprint density at radius 1 is 1.44 bits per heavy atom. The van der Waals surface area contributed by atoms with Gasteiger partial charge in [-0.25, -0.2) is 8.78 Å². The van der Waals surface area contributed by atoms with Crippen molar-refractivity contribution in [2.24, 2.45) is 0 Å². The first-order valence-electron chi connectivity index (χ1n) is 5.00. The summed E-state index contributed by atoms with van der Waals surface area (Å²) in [5, 5.41) is 2.05. The first kappa shape index (κ1) is 15.1. The van der Waals surface area contributed by atoms with E-state index in [2.05, 4.69) is 5.32 Å². The van der Waals surface area contributed by atoms with Gasteiger partial charge in [-0.3, -0.25) is 4.79 Å². The van der Waals surface area contributed by atoms with Gasteiger partial charge in [-0.1, -0.05) is 11.6 Å². The summed E-state index contributed by atoms with van der Waals surface area (Å²) in [7, 11) is 1.44. The maximum atomic E-state index is 13.4. The zero-order valence-electron chi connectivity index (χ0n) is 9.47. The molecule has 0 aromatic heterocycles. The van der Waals surface area contributed by atoms with Gasteiger partial charge >= 0.3 is 0 Å². The second-order valence-corrected chi connectivity index (χ2v) is 4.24. The Bertz CT molecular complexity index is 443. The zero-order chi connectivity index (χ0) is 13.7. The summed E-state index contributed by atoms with van der Waals surface area (Å²) in [6.45, 7) is 0.174. The Morgan fingerprint density at radius 3 is 2.67 bits per heavy atom. The van der Waals surface area contributed by atoms with Gasteiger partial charge in [-0.15, -0.1) is 11.6 Å². The van der Waals surface area contributed by atoms with E-state index in [0.717, 1.165) is 12.1 Å². The van der Waals surface area contributed by atoms with Crippen LogP contribution in [0.15, 0.2) is 12.1 Å². The molecule has 1 amide bonds. The van der Waals surface area contributed by atoms with Crippen molar-refractivity contribution in [2.75, 3.05) is 19.6 Å². The van der Waals surface area contributed by atoms with Crippen molar-refractivity contribution in [2.45, 2.75) is 6.04 Å². The Hall–Kier alpha value is -0.910. The van der Waals surface area contributed by atoms with Gasteiger partial charge in [0.05, 0.1) is 23.2 Å². The summed E-state index contributed by atoms with van der Waals surface area (Å²) in [4.78, 5) is 11.7. The SMILES string of the molecule is COCC(CCl)NC(=O)c1cc(F)c(Cl)cc1F. The summed E-state index contributed by atoms with van der Waals surface area (Å²) in [6, 6.07) is 1.01. The quantitative estimate of drug-likeness (QED) is 0.670. The third-order valence-electron chi connectivity index (χ3n) is 2.14. The van der Waals surface area contributed by atoms with E-state index >= 15 is 0 Å². The fourth-order valence-corrected chi connectivity index (χ4v) is 1.60. The molecule has 0 aliphatic carbocycles. The number of rotatable bonds is 5. The van der Waals surface area contributed by atoms with Crippen LogP contribution in [-0.2, 0) is 4.74 Å². The Balaban J connectivity index is 2.87. The average Bonchev–Trinajstić information content (AvgIpc) is 2.33. The van der Waals surface area contributed by atoms with Crippen molar-refractivity contribution < 1.29 is 18.3 Å². The predicted octanol–water partition coefficient (Wildman–Crippen LogP) is 2.60. The van der Waals surface area contributed by atoms with Crippen molar-refractivity contribution in [1.82, 2.24) is 5.32 Å². The van der Waals surface area contributed by atoms with Gasteiger partial charge in [0.25, 0.3) is 5.91 Å². The minimum absolute atomic E-state index is 0.0945. The summed E-state index contributed by atoms with van der Waals surface area (Å²) >= 11 is 11.0. The summed E-state index contributed by atoms with van der Waals surface area (Å²) in [5.74, 6) is -2.44. The van der Waals surface area contributed by atoms with Crippen LogP contribution in [0.5, 0.6) is 0 Å². The minimum Gasteiger partial charge on any atom is -0.383 e. The molecule has 0 heterocycles. The van der Waals surface area contributed by atoms with E-state index < -0.39 is 29.1 Å². The fourth-order valence-electron chi connectivity index (χ4n) is 1.29. The zero-order valence-corrected chi connectivity index (χ0v) is 11.0. The second kappa shape index (κ2) is 6.87. The highest BCUT2D eigenvalue weighted by molar-refractivity contribution is 6.30. The molecule has 0 saturated carbocycles. The third kappa shape index (κ3) is 3.80. The van der Waals surface area contributed by atoms with Gasteiger partial charge in [0.1, 0.15) is 11.6 Å². The lowest BCUT2D eigenvalue weighted by atomic mass is 10.2. The summed E-state index contributed by atoms with van der Waals surface area (Å²) in [6.07, 6.45) is 0. The maximum absolute atomic E-state index is 13.4. The molecule has 1 aromatic rings. The molecule has 0 radical (unpaired) electrons. The van der Waals surface area contributed by atoms with Gasteiger partial charge in [-0.2, -0.15) is 0 Å². The van der Waals surface area contributed by atoms with Gasteiger partial charge < -0.3 is 10.1 Å². The second-order valence-electron chi connectivity index (χ2n) is 3.53. The molecule has 1 unspecified atom stereocenters. The largest absolute Gasteiger partial charge is 0.383 e. The molecule has 0 fully saturated rings. The number of hydrogen-bond donors (Lipinski definition) is 1. The molecular formula is C11H11Cl2F2NO2. The number of benzene rings is 1. The number of methoxy groups -OCH3 is 1. The highest BCUT2D eigenvalue weighted by Gasteiger charge is 2.18. The number of carbonyl (C=O) groups excluding carboxylic acids is 1. The molecule has 0 bridgehead atoms. The summed E-state index contributed by atoms with van der Waals surface area (Å²) in [5.41, 5.74) is -0.428. The monoisotopic (exact) mass is 297 g/mol. The van der Waals surface area contributed by atoms with Crippen LogP contribution < -0.4 is 5.32 Å². The Labute approximate surface area is 113 Å². The van der Waals surface area contributed by atoms with Crippen LogP contribution in [0.4, 0.5) is 8.78 Å². The van der Waals surface area contributed by atoms with Crippen molar-refractivity contribution in [1.29, 1.82) is 0 Å². The highest BCUT2D eigenvalue weighted by Crippen LogP contribution is 2.19. The van der Waals surface area contributed by atoms with Gasteiger partial charge in [0, 0.05) is 13.0 Å². The van der Waals surface area contributed by atoms with Gasteiger partial charge in [0.15, 0.2) is 0 Å². The molecular weight excluding hydrogens is 287 g/mol. The van der Waals surface area contributed by atoms with Crippen LogP contribution in [0.3, 0.4) is 0 Å². The maximum Gasteiger partial charge on any atom is 0.254 e. The van der Waals surface area contributed by atoms with Crippen LogP contribution >= 0.6 is 23.2 Å². The summed E-state index contributed by atoms with van der Waals surface area (Å²) < 4.78 is 31.4. The molecule has 1 rings (SSSR count). The van der Waals surface area contributed by atoms with Crippen LogP contribution in [0.2, 0.25) is 5.02 Å². The number of carbonyl (C=O) groups is 1. The topological polar surface area (TPSA) is 38.3 Å². The molecule has 0 saturated heterocycles. The fraction of sp³-hybridized carbons (Fsp3) is 0.364. The third-order valence-corrected chi connectivity index (χ3v) is 2.81. The van der Waals surface area contributed by atoms with E-state index in [1.807, 2.05) is 0 Å². The van der Waals surface area contributed by atoms with E-state index in [1.165, 1.54) is 7.11 Å². The predicted molar refractivity (Wildman–Crippen MR) is 65.2 cm³/mol. The first-order valence-corrected chi connectivity index (χ1v) is 5.91. The van der Waals surface area contributed by atoms with Crippen LogP contribution in [0.25, 0.3) is 0 Å². The lowest BCUT2D eigenvalue weighted by Gasteiger charge is -2.15. The van der Waals surface area contributed by atoms with Gasteiger partial charge in [0.2, 0.25) is 0 Å². The van der Waals surface area contributed by atoms with Gasteiger partial charge in [-0.05, 0) is 12.1 Å². The number of ether oxygens (including phenoxy) is 1. The number of alkyl halides is 1. The molecule has 100 valence electrons. The minimum atomic E-state index is -0.898. The van der Waals surface area contributed by atoms with Crippen LogP contribution in [0.1, 0.15) is 10.4 Å². The molecule has 1 aromatic carbocycles. The van der Waals surface area contributed by atoms with E-state index in [0.29, 0.717) is 0 Å². The molecule has 3 nitrogen and oxygen atoms in total. The van der Waals surface area contributed by atoms with Crippen LogP contribution in [-0.4, -0.2) is 31.5 Å². The number of hydrogen-bond acceptors (Lipinski definition) is 2. The van der Waals surface area contributed by atoms with Crippen molar-refractivity contribution in [3.8, 4) is 0 Å². The van der Waals surface area contributed by atoms with E-state index in [4.69, 9.17) is 27.9 Å². The molecule has 0 aliphatic heterocycles. The average molecular weight is 298 g/mol. The first-order chi connectivity index (χ1) is 8.49. The molecule has 0 spiro atoms. The smallest absolute Gasteiger partial charge is 0.254 e. The van der Waals surface area contributed by atoms with Crippen molar-refractivity contribution in [3.63, 3.8) is 0 Å². The molecule has 1 N–H and O–H groups in total. The number of amides is 1. The van der Waals surface area contributed by atoms with Crippen LogP contribution in [0, 0.1) is 11.6 Å². The molecule has 1 atom stereocenters. The van der Waals surface area contributed by atoms with Crippen molar-refractivity contribution in [3.05, 3.63) is 34.4 Å². The Kier molecular flexibility index (Phi) is 5.78. The van der Waals surface area contributed by atoms with Crippen molar-refractivity contribution >= 4 is 29.1 Å². The van der Waals surface area contributed by atoms with E-state index in [-0.39, 0.29) is 17.5 Å².